The molecule has 344 valence electrons. The smallest absolute Gasteiger partial charge is 0.267 e. The van der Waals surface area contributed by atoms with Gasteiger partial charge in [-0.3, -0.25) is 33.6 Å². The monoisotopic (exact) mass is 893 g/mol. The fourth-order valence-electron chi connectivity index (χ4n) is 5.86. The third-order valence-electron chi connectivity index (χ3n) is 9.69. The van der Waals surface area contributed by atoms with Crippen LogP contribution >= 0.6 is 23.5 Å². The number of nitrogens with zero attached hydrogens (tertiary/aromatic N) is 1. The summed E-state index contributed by atoms with van der Waals surface area (Å²) < 4.78 is 0. The van der Waals surface area contributed by atoms with E-state index in [0.717, 1.165) is 11.1 Å². The van der Waals surface area contributed by atoms with Gasteiger partial charge in [0.2, 0.25) is 35.9 Å². The molecular formula is C43H71N7O9S2. The lowest BCUT2D eigenvalue weighted by atomic mass is 9.96. The maximum atomic E-state index is 13.6. The first kappa shape index (κ1) is 55.0. The van der Waals surface area contributed by atoms with Crippen LogP contribution in [0, 0.1) is 23.7 Å². The van der Waals surface area contributed by atoms with Crippen molar-refractivity contribution in [1.29, 1.82) is 0 Å². The molecule has 61 heavy (non-hydrogen) atoms. The van der Waals surface area contributed by atoms with Crippen LogP contribution < -0.4 is 32.3 Å². The van der Waals surface area contributed by atoms with Gasteiger partial charge in [0.25, 0.3) is 5.91 Å². The highest BCUT2D eigenvalue weighted by atomic mass is 32.2. The number of hydrogen-bond acceptors (Lipinski definition) is 11. The van der Waals surface area contributed by atoms with Crippen LogP contribution in [-0.4, -0.2) is 106 Å². The minimum atomic E-state index is -1.48. The predicted molar refractivity (Wildman–Crippen MR) is 242 cm³/mol. The summed E-state index contributed by atoms with van der Waals surface area (Å²) in [5, 5.41) is 31.4. The summed E-state index contributed by atoms with van der Waals surface area (Å²) in [5.41, 5.74) is 7.82. The number of carbonyl (C=O) groups excluding carboxylic acids is 7. The van der Waals surface area contributed by atoms with Gasteiger partial charge in [-0.15, -0.1) is 0 Å². The second kappa shape index (κ2) is 30.1. The van der Waals surface area contributed by atoms with Gasteiger partial charge >= 0.3 is 0 Å². The number of amides is 7. The molecule has 1 aromatic rings. The Morgan fingerprint density at radius 1 is 0.770 bits per heavy atom. The van der Waals surface area contributed by atoms with Gasteiger partial charge in [0.15, 0.2) is 6.29 Å². The van der Waals surface area contributed by atoms with Gasteiger partial charge in [-0.05, 0) is 67.9 Å². The molecule has 0 aliphatic heterocycles. The van der Waals surface area contributed by atoms with E-state index >= 15 is 0 Å². The minimum absolute atomic E-state index is 0.0175. The van der Waals surface area contributed by atoms with Crippen LogP contribution in [0.25, 0.3) is 0 Å². The summed E-state index contributed by atoms with van der Waals surface area (Å²) in [4.78, 5) is 92.6. The number of nitrogens with one attached hydrogen (secondary N) is 5. The van der Waals surface area contributed by atoms with Gasteiger partial charge in [0.05, 0.1) is 0 Å². The number of nitrogens with two attached hydrogens (primary N) is 1. The van der Waals surface area contributed by atoms with Crippen molar-refractivity contribution in [2.24, 2.45) is 34.4 Å². The summed E-state index contributed by atoms with van der Waals surface area (Å²) in [5.74, 6) is -0.901. The molecule has 1 aromatic carbocycles. The van der Waals surface area contributed by atoms with Crippen molar-refractivity contribution in [3.63, 3.8) is 0 Å². The van der Waals surface area contributed by atoms with Gasteiger partial charge in [-0.2, -0.15) is 23.5 Å². The van der Waals surface area contributed by atoms with Crippen LogP contribution in [0.2, 0.25) is 0 Å². The zero-order chi connectivity index (χ0) is 46.1. The molecule has 0 fully saturated rings. The molecule has 0 spiro atoms. The van der Waals surface area contributed by atoms with Crippen LogP contribution in [0.4, 0.5) is 0 Å². The Hall–Kier alpha value is -4.00. The minimum Gasteiger partial charge on any atom is -0.368 e. The number of hydrogen-bond donors (Lipinski definition) is 8. The van der Waals surface area contributed by atoms with Crippen molar-refractivity contribution >= 4 is 71.6 Å². The van der Waals surface area contributed by atoms with E-state index in [-0.39, 0.29) is 48.2 Å². The molecule has 0 heterocycles. The van der Waals surface area contributed by atoms with Crippen molar-refractivity contribution in [2.75, 3.05) is 11.5 Å². The Labute approximate surface area is 370 Å². The van der Waals surface area contributed by atoms with Gasteiger partial charge in [0.1, 0.15) is 30.2 Å². The molecular weight excluding hydrogens is 823 g/mol. The average molecular weight is 894 g/mol. The van der Waals surface area contributed by atoms with Crippen molar-refractivity contribution < 1.29 is 43.8 Å². The number of primary amides is 1. The van der Waals surface area contributed by atoms with Gasteiger partial charge in [0, 0.05) is 41.6 Å². The number of thioether (sulfide) groups is 2. The highest BCUT2D eigenvalue weighted by molar-refractivity contribution is 7.98. The number of rotatable bonds is 31. The number of aliphatic imine (C=N–C) groups is 1. The highest BCUT2D eigenvalue weighted by Gasteiger charge is 2.32. The van der Waals surface area contributed by atoms with Gasteiger partial charge in [-0.1, -0.05) is 79.2 Å². The van der Waals surface area contributed by atoms with Crippen molar-refractivity contribution in [3.8, 4) is 0 Å². The first-order valence-corrected chi connectivity index (χ1v) is 23.5. The Morgan fingerprint density at radius 2 is 1.39 bits per heavy atom. The first-order valence-electron chi connectivity index (χ1n) is 21.1. The molecule has 0 aliphatic rings. The topological polar surface area (TPSA) is 258 Å². The van der Waals surface area contributed by atoms with Crippen LogP contribution in [0.15, 0.2) is 29.3 Å². The SMILES string of the molecule is CC[C@H](C)[C@H](NC(=O)[C@H](CCC(C)C)NC(=O)[C@H](C)NC=O)C(=O)N[C@@H](CSCc1cccc(CSCC(C)C=NC(=O)C(CC(C)C)NC(=O)CCCC(O)O)c1)C(N)=O. The zero-order valence-electron chi connectivity index (χ0n) is 37.1. The average Bonchev–Trinajstić information content (AvgIpc) is 3.19. The lowest BCUT2D eigenvalue weighted by Crippen LogP contribution is -2.59. The highest BCUT2D eigenvalue weighted by Crippen LogP contribution is 2.20. The van der Waals surface area contributed by atoms with Crippen molar-refractivity contribution in [3.05, 3.63) is 35.4 Å². The number of benzene rings is 1. The van der Waals surface area contributed by atoms with E-state index < -0.39 is 66.0 Å². The van der Waals surface area contributed by atoms with E-state index in [0.29, 0.717) is 55.8 Å². The Balaban J connectivity index is 2.81. The van der Waals surface area contributed by atoms with Crippen LogP contribution in [0.5, 0.6) is 0 Å². The standard InChI is InChI=1S/C43H71N7O9S2/c1-9-29(7)38(50-42(58)33(17-16-26(2)3)48-40(56)30(8)46-25-51)43(59)49-35(39(44)55)24-61-23-32-13-10-12-31(19-32)22-60-21-28(6)20-45-41(57)34(18-27(4)5)47-36(52)14-11-15-37(53)54/h10,12-13,19-20,25-30,33-35,37-38,53-54H,9,11,14-18,21-24H2,1-8H3,(H2,44,55)(H,46,51)(H,47,52)(H,48,56)(H,49,59)(H,50,58)/t28?,29-,30-,33-,34?,35-,38-/m0/s1. The Bertz CT molecular complexity index is 1580. The molecule has 0 aromatic heterocycles. The molecule has 7 atom stereocenters. The number of aliphatic hydroxyl groups is 2. The molecule has 0 saturated carbocycles. The van der Waals surface area contributed by atoms with Crippen LogP contribution in [-0.2, 0) is 45.1 Å². The predicted octanol–water partition coefficient (Wildman–Crippen LogP) is 2.95. The van der Waals surface area contributed by atoms with E-state index in [1.807, 2.05) is 66.7 Å². The summed E-state index contributed by atoms with van der Waals surface area (Å²) >= 11 is 3.11. The summed E-state index contributed by atoms with van der Waals surface area (Å²) in [6.45, 7) is 15.0. The van der Waals surface area contributed by atoms with E-state index in [4.69, 9.17) is 15.9 Å². The Kier molecular flexibility index (Phi) is 27.2. The normalized spacial score (nSPS) is 15.0. The fraction of sp³-hybridized carbons (Fsp3) is 0.674. The van der Waals surface area contributed by atoms with Crippen molar-refractivity contribution in [1.82, 2.24) is 26.6 Å². The van der Waals surface area contributed by atoms with E-state index in [2.05, 4.69) is 37.6 Å². The molecule has 18 heteroatoms. The molecule has 2 unspecified atom stereocenters. The largest absolute Gasteiger partial charge is 0.368 e. The van der Waals surface area contributed by atoms with Gasteiger partial charge in [-0.25, -0.2) is 4.99 Å². The Morgan fingerprint density at radius 3 is 1.95 bits per heavy atom. The van der Waals surface area contributed by atoms with Gasteiger partial charge < -0.3 is 42.5 Å². The first-order chi connectivity index (χ1) is 28.8. The molecule has 1 rings (SSSR count). The summed E-state index contributed by atoms with van der Waals surface area (Å²) in [6, 6.07) is 3.44. The maximum absolute atomic E-state index is 13.6. The zero-order valence-corrected chi connectivity index (χ0v) is 38.7. The van der Waals surface area contributed by atoms with E-state index in [1.165, 1.54) is 18.7 Å². The molecule has 0 radical (unpaired) electrons. The maximum Gasteiger partial charge on any atom is 0.267 e. The number of aliphatic hydroxyl groups excluding tert-OH is 1. The summed E-state index contributed by atoms with van der Waals surface area (Å²) in [6.07, 6.45) is 2.91. The number of carbonyl (C=O) groups is 7. The van der Waals surface area contributed by atoms with E-state index in [1.54, 1.807) is 18.0 Å². The van der Waals surface area contributed by atoms with Crippen LogP contribution in [0.1, 0.15) is 111 Å². The van der Waals surface area contributed by atoms with Crippen LogP contribution in [0.3, 0.4) is 0 Å². The molecule has 16 nitrogen and oxygen atoms in total. The second-order valence-corrected chi connectivity index (χ2v) is 18.5. The third-order valence-corrected chi connectivity index (χ3v) is 12.1. The van der Waals surface area contributed by atoms with E-state index in [9.17, 15) is 33.6 Å². The molecule has 0 saturated heterocycles. The summed E-state index contributed by atoms with van der Waals surface area (Å²) in [7, 11) is 0. The van der Waals surface area contributed by atoms with Crippen molar-refractivity contribution in [2.45, 2.75) is 148 Å². The lowest BCUT2D eigenvalue weighted by molar-refractivity contribution is -0.134. The third kappa shape index (κ3) is 23.7. The fourth-order valence-corrected chi connectivity index (χ4v) is 7.87. The lowest BCUT2D eigenvalue weighted by Gasteiger charge is -2.28. The second-order valence-electron chi connectivity index (χ2n) is 16.4. The molecule has 0 bridgehead atoms. The molecule has 0 aliphatic carbocycles. The molecule has 9 N–H and O–H groups in total. The molecule has 7 amide bonds. The quantitative estimate of drug-likeness (QED) is 0.0306.